The molecular formula is C8H9NO2S. The van der Waals surface area contributed by atoms with Gasteiger partial charge in [0.1, 0.15) is 0 Å². The monoisotopic (exact) mass is 183 g/mol. The topological polar surface area (TPSA) is 50.2 Å². The Morgan fingerprint density at radius 1 is 1.83 bits per heavy atom. The molecule has 0 aliphatic heterocycles. The smallest absolute Gasteiger partial charge is 0.303 e. The third-order valence-electron chi connectivity index (χ3n) is 2.27. The van der Waals surface area contributed by atoms with Crippen LogP contribution in [0, 0.1) is 0 Å². The number of fused-ring (bicyclic) bond motifs is 1. The maximum atomic E-state index is 10.5. The third-order valence-corrected chi connectivity index (χ3v) is 2.95. The number of aromatic nitrogens is 1. The Morgan fingerprint density at radius 2 is 2.67 bits per heavy atom. The van der Waals surface area contributed by atoms with Gasteiger partial charge in [-0.05, 0) is 35.9 Å². The average molecular weight is 183 g/mol. The minimum Gasteiger partial charge on any atom is -0.481 e. The summed E-state index contributed by atoms with van der Waals surface area (Å²) in [6.45, 7) is 0. The van der Waals surface area contributed by atoms with Crippen molar-refractivity contribution in [3.05, 3.63) is 16.6 Å². The minimum absolute atomic E-state index is 0.219. The lowest BCUT2D eigenvalue weighted by Crippen LogP contribution is -2.02. The van der Waals surface area contributed by atoms with Gasteiger partial charge in [0, 0.05) is 5.38 Å². The molecular weight excluding hydrogens is 174 g/mol. The van der Waals surface area contributed by atoms with Gasteiger partial charge in [0.15, 0.2) is 0 Å². The summed E-state index contributed by atoms with van der Waals surface area (Å²) in [5.41, 5.74) is 2.29. The van der Waals surface area contributed by atoms with Gasteiger partial charge in [0.05, 0.1) is 12.1 Å². The maximum Gasteiger partial charge on any atom is 0.303 e. The van der Waals surface area contributed by atoms with Gasteiger partial charge in [0.25, 0.3) is 0 Å². The average Bonchev–Trinajstić information content (AvgIpc) is 2.52. The third kappa shape index (κ3) is 1.22. The number of aliphatic carboxylic acids is 1. The van der Waals surface area contributed by atoms with E-state index in [0.29, 0.717) is 0 Å². The van der Waals surface area contributed by atoms with E-state index >= 15 is 0 Å². The zero-order valence-electron chi connectivity index (χ0n) is 6.49. The van der Waals surface area contributed by atoms with Crippen molar-refractivity contribution in [3.8, 4) is 0 Å². The van der Waals surface area contributed by atoms with E-state index in [0.717, 1.165) is 18.5 Å². The number of carbonyl (C=O) groups is 1. The Hall–Kier alpha value is -0.900. The van der Waals surface area contributed by atoms with E-state index in [-0.39, 0.29) is 12.3 Å². The van der Waals surface area contributed by atoms with Crippen LogP contribution in [-0.4, -0.2) is 15.4 Å². The van der Waals surface area contributed by atoms with E-state index in [1.54, 1.807) is 0 Å². The number of carboxylic acid groups (broad SMARTS) is 1. The Bertz CT molecular complexity index is 308. The molecule has 12 heavy (non-hydrogen) atoms. The van der Waals surface area contributed by atoms with E-state index in [9.17, 15) is 4.79 Å². The Balaban J connectivity index is 2.17. The lowest BCUT2D eigenvalue weighted by Gasteiger charge is -2.03. The zero-order chi connectivity index (χ0) is 8.55. The van der Waals surface area contributed by atoms with Gasteiger partial charge >= 0.3 is 5.97 Å². The molecule has 0 saturated heterocycles. The van der Waals surface area contributed by atoms with E-state index < -0.39 is 5.97 Å². The highest BCUT2D eigenvalue weighted by Gasteiger charge is 2.26. The van der Waals surface area contributed by atoms with E-state index in [1.807, 2.05) is 5.38 Å². The summed E-state index contributed by atoms with van der Waals surface area (Å²) < 4.78 is 4.20. The highest BCUT2D eigenvalue weighted by molar-refractivity contribution is 7.03. The van der Waals surface area contributed by atoms with E-state index in [1.165, 1.54) is 17.1 Å². The molecule has 0 saturated carbocycles. The predicted molar refractivity (Wildman–Crippen MR) is 45.4 cm³/mol. The van der Waals surface area contributed by atoms with Crippen LogP contribution in [0.25, 0.3) is 0 Å². The molecule has 1 aromatic heterocycles. The maximum absolute atomic E-state index is 10.5. The van der Waals surface area contributed by atoms with Crippen LogP contribution in [0.2, 0.25) is 0 Å². The number of aryl methyl sites for hydroxylation is 1. The van der Waals surface area contributed by atoms with Crippen molar-refractivity contribution in [2.75, 3.05) is 0 Å². The SMILES string of the molecule is O=C(O)CC1CCc2nscc21. The molecule has 0 radical (unpaired) electrons. The Kier molecular flexibility index (Phi) is 1.84. The minimum atomic E-state index is -0.709. The van der Waals surface area contributed by atoms with Crippen LogP contribution in [0.15, 0.2) is 5.38 Å². The quantitative estimate of drug-likeness (QED) is 0.758. The summed E-state index contributed by atoms with van der Waals surface area (Å²) in [6.07, 6.45) is 2.17. The summed E-state index contributed by atoms with van der Waals surface area (Å²) in [6, 6.07) is 0. The molecule has 1 aliphatic rings. The van der Waals surface area contributed by atoms with Gasteiger partial charge < -0.3 is 5.11 Å². The fourth-order valence-electron chi connectivity index (χ4n) is 1.68. The van der Waals surface area contributed by atoms with Crippen molar-refractivity contribution in [1.29, 1.82) is 0 Å². The fourth-order valence-corrected chi connectivity index (χ4v) is 2.50. The molecule has 1 unspecified atom stereocenters. The van der Waals surface area contributed by atoms with Crippen LogP contribution in [0.3, 0.4) is 0 Å². The lowest BCUT2D eigenvalue weighted by atomic mass is 10.0. The van der Waals surface area contributed by atoms with Crippen LogP contribution in [0.1, 0.15) is 30.0 Å². The Morgan fingerprint density at radius 3 is 3.42 bits per heavy atom. The molecule has 1 aromatic rings. The van der Waals surface area contributed by atoms with Gasteiger partial charge in [-0.15, -0.1) is 0 Å². The van der Waals surface area contributed by atoms with E-state index in [2.05, 4.69) is 4.37 Å². The highest BCUT2D eigenvalue weighted by atomic mass is 32.1. The molecule has 1 N–H and O–H groups in total. The molecule has 0 spiro atoms. The van der Waals surface area contributed by atoms with Gasteiger partial charge in [-0.1, -0.05) is 0 Å². The first kappa shape index (κ1) is 7.73. The zero-order valence-corrected chi connectivity index (χ0v) is 7.30. The summed E-state index contributed by atoms with van der Waals surface area (Å²) in [5.74, 6) is -0.490. The first-order valence-electron chi connectivity index (χ1n) is 3.92. The van der Waals surface area contributed by atoms with Crippen molar-refractivity contribution in [3.63, 3.8) is 0 Å². The molecule has 3 nitrogen and oxygen atoms in total. The Labute approximate surface area is 74.2 Å². The van der Waals surface area contributed by atoms with Crippen LogP contribution in [0.5, 0.6) is 0 Å². The van der Waals surface area contributed by atoms with Gasteiger partial charge in [0.2, 0.25) is 0 Å². The first-order valence-corrected chi connectivity index (χ1v) is 4.76. The second-order valence-corrected chi connectivity index (χ2v) is 3.68. The number of hydrogen-bond donors (Lipinski definition) is 1. The standard InChI is InChI=1S/C8H9NO2S/c10-8(11)3-5-1-2-7-6(5)4-12-9-7/h4-5H,1-3H2,(H,10,11). The van der Waals surface area contributed by atoms with Crippen molar-refractivity contribution in [1.82, 2.24) is 4.37 Å². The van der Waals surface area contributed by atoms with Gasteiger partial charge in [-0.3, -0.25) is 4.79 Å². The summed E-state index contributed by atoms with van der Waals surface area (Å²) >= 11 is 1.43. The van der Waals surface area contributed by atoms with Gasteiger partial charge in [-0.2, -0.15) is 4.37 Å². The van der Waals surface area contributed by atoms with E-state index in [4.69, 9.17) is 5.11 Å². The molecule has 0 fully saturated rings. The lowest BCUT2D eigenvalue weighted by molar-refractivity contribution is -0.137. The molecule has 0 aromatic carbocycles. The van der Waals surface area contributed by atoms with Crippen molar-refractivity contribution < 1.29 is 9.90 Å². The van der Waals surface area contributed by atoms with Crippen molar-refractivity contribution >= 4 is 17.5 Å². The molecule has 1 aliphatic carbocycles. The predicted octanol–water partition coefficient (Wildman–Crippen LogP) is 1.65. The molecule has 0 bridgehead atoms. The number of carboxylic acids is 1. The molecule has 0 amide bonds. The molecule has 2 rings (SSSR count). The summed E-state index contributed by atoms with van der Waals surface area (Å²) in [4.78, 5) is 10.5. The highest BCUT2D eigenvalue weighted by Crippen LogP contribution is 2.35. The molecule has 4 heteroatoms. The van der Waals surface area contributed by atoms with Crippen LogP contribution in [0.4, 0.5) is 0 Å². The first-order chi connectivity index (χ1) is 5.77. The fraction of sp³-hybridized carbons (Fsp3) is 0.500. The normalized spacial score (nSPS) is 20.8. The molecule has 64 valence electrons. The van der Waals surface area contributed by atoms with Crippen LogP contribution in [-0.2, 0) is 11.2 Å². The number of nitrogens with zero attached hydrogens (tertiary/aromatic N) is 1. The summed E-state index contributed by atoms with van der Waals surface area (Å²) in [7, 11) is 0. The molecule has 1 heterocycles. The number of rotatable bonds is 2. The summed E-state index contributed by atoms with van der Waals surface area (Å²) in [5, 5.41) is 10.6. The van der Waals surface area contributed by atoms with Gasteiger partial charge in [-0.25, -0.2) is 0 Å². The second-order valence-electron chi connectivity index (χ2n) is 3.05. The number of hydrogen-bond acceptors (Lipinski definition) is 3. The molecule has 1 atom stereocenters. The second kappa shape index (κ2) is 2.86. The van der Waals surface area contributed by atoms with Crippen molar-refractivity contribution in [2.24, 2.45) is 0 Å². The van der Waals surface area contributed by atoms with Crippen LogP contribution < -0.4 is 0 Å². The largest absolute Gasteiger partial charge is 0.481 e. The van der Waals surface area contributed by atoms with Crippen molar-refractivity contribution in [2.45, 2.75) is 25.2 Å². The van der Waals surface area contributed by atoms with Crippen LogP contribution >= 0.6 is 11.5 Å².